The first-order valence-electron chi connectivity index (χ1n) is 10.4. The van der Waals surface area contributed by atoms with Crippen LogP contribution in [-0.2, 0) is 9.47 Å². The monoisotopic (exact) mass is 385 g/mol. The van der Waals surface area contributed by atoms with E-state index >= 15 is 0 Å². The second-order valence-corrected chi connectivity index (χ2v) is 8.98. The van der Waals surface area contributed by atoms with Crippen LogP contribution < -0.4 is 10.6 Å². The normalized spacial score (nSPS) is 22.3. The van der Waals surface area contributed by atoms with Crippen LogP contribution in [0.2, 0.25) is 0 Å². The van der Waals surface area contributed by atoms with E-state index in [0.29, 0.717) is 5.41 Å². The van der Waals surface area contributed by atoms with Gasteiger partial charge in [0, 0.05) is 50.8 Å². The van der Waals surface area contributed by atoms with Crippen molar-refractivity contribution in [1.29, 1.82) is 0 Å². The minimum Gasteiger partial charge on any atom is -0.382 e. The zero-order chi connectivity index (χ0) is 18.7. The van der Waals surface area contributed by atoms with Crippen LogP contribution in [0.25, 0.3) is 0 Å². The molecule has 1 heterocycles. The SMILES string of the molecule is CCNC(=NCC1(CCOCC)CCCC1)NCC1(SC)CCOCC1. The summed E-state index contributed by atoms with van der Waals surface area (Å²) in [5.74, 6) is 0.968. The number of thioether (sulfide) groups is 1. The molecule has 2 N–H and O–H groups in total. The third-order valence-corrected chi connectivity index (χ3v) is 7.40. The van der Waals surface area contributed by atoms with E-state index in [4.69, 9.17) is 14.5 Å². The molecule has 2 rings (SSSR count). The molecule has 6 heteroatoms. The predicted octanol–water partition coefficient (Wildman–Crippen LogP) is 3.44. The summed E-state index contributed by atoms with van der Waals surface area (Å²) in [5, 5.41) is 7.06. The summed E-state index contributed by atoms with van der Waals surface area (Å²) in [7, 11) is 0. The molecular formula is C20H39N3O2S. The van der Waals surface area contributed by atoms with Gasteiger partial charge in [-0.1, -0.05) is 12.8 Å². The van der Waals surface area contributed by atoms with Crippen LogP contribution in [0.4, 0.5) is 0 Å². The van der Waals surface area contributed by atoms with Crippen LogP contribution in [-0.4, -0.2) is 63.0 Å². The van der Waals surface area contributed by atoms with E-state index in [1.807, 2.05) is 11.8 Å². The van der Waals surface area contributed by atoms with Crippen molar-refractivity contribution < 1.29 is 9.47 Å². The molecule has 0 atom stereocenters. The van der Waals surface area contributed by atoms with Crippen molar-refractivity contribution in [2.24, 2.45) is 10.4 Å². The second-order valence-electron chi connectivity index (χ2n) is 7.70. The summed E-state index contributed by atoms with van der Waals surface area (Å²) in [5.41, 5.74) is 0.341. The maximum atomic E-state index is 5.64. The molecule has 152 valence electrons. The summed E-state index contributed by atoms with van der Waals surface area (Å²) in [6.07, 6.45) is 10.8. The van der Waals surface area contributed by atoms with Crippen LogP contribution in [0.15, 0.2) is 4.99 Å². The van der Waals surface area contributed by atoms with Gasteiger partial charge in [0.2, 0.25) is 0 Å². The number of ether oxygens (including phenoxy) is 2. The highest BCUT2D eigenvalue weighted by Gasteiger charge is 2.34. The van der Waals surface area contributed by atoms with Gasteiger partial charge in [0.25, 0.3) is 0 Å². The lowest BCUT2D eigenvalue weighted by Gasteiger charge is -2.36. The summed E-state index contributed by atoms with van der Waals surface area (Å²) in [6.45, 7) is 10.4. The Morgan fingerprint density at radius 3 is 2.46 bits per heavy atom. The van der Waals surface area contributed by atoms with Crippen LogP contribution in [0.5, 0.6) is 0 Å². The number of rotatable bonds is 10. The van der Waals surface area contributed by atoms with Crippen molar-refractivity contribution in [3.63, 3.8) is 0 Å². The molecule has 2 aliphatic rings. The van der Waals surface area contributed by atoms with Gasteiger partial charge < -0.3 is 20.1 Å². The molecular weight excluding hydrogens is 346 g/mol. The lowest BCUT2D eigenvalue weighted by atomic mass is 9.83. The summed E-state index contributed by atoms with van der Waals surface area (Å²) in [6, 6.07) is 0. The fraction of sp³-hybridized carbons (Fsp3) is 0.950. The molecule has 0 amide bonds. The van der Waals surface area contributed by atoms with Gasteiger partial charge in [-0.05, 0) is 57.6 Å². The Hall–Kier alpha value is -0.460. The quantitative estimate of drug-likeness (QED) is 0.343. The van der Waals surface area contributed by atoms with Crippen molar-refractivity contribution in [3.05, 3.63) is 0 Å². The first-order chi connectivity index (χ1) is 12.7. The Balaban J connectivity index is 1.93. The topological polar surface area (TPSA) is 54.9 Å². The second kappa shape index (κ2) is 11.4. The predicted molar refractivity (Wildman–Crippen MR) is 112 cm³/mol. The molecule has 1 aliphatic carbocycles. The van der Waals surface area contributed by atoms with Crippen molar-refractivity contribution >= 4 is 17.7 Å². The molecule has 5 nitrogen and oxygen atoms in total. The minimum absolute atomic E-state index is 0.272. The zero-order valence-corrected chi connectivity index (χ0v) is 17.9. The summed E-state index contributed by atoms with van der Waals surface area (Å²) < 4.78 is 11.5. The highest BCUT2D eigenvalue weighted by Crippen LogP contribution is 2.41. The lowest BCUT2D eigenvalue weighted by molar-refractivity contribution is 0.0782. The van der Waals surface area contributed by atoms with Crippen molar-refractivity contribution in [1.82, 2.24) is 10.6 Å². The van der Waals surface area contributed by atoms with Gasteiger partial charge in [-0.15, -0.1) is 0 Å². The lowest BCUT2D eigenvalue weighted by Crippen LogP contribution is -2.48. The van der Waals surface area contributed by atoms with Gasteiger partial charge in [-0.2, -0.15) is 11.8 Å². The largest absolute Gasteiger partial charge is 0.382 e. The third kappa shape index (κ3) is 6.61. The van der Waals surface area contributed by atoms with E-state index in [0.717, 1.165) is 71.3 Å². The highest BCUT2D eigenvalue weighted by atomic mass is 32.2. The molecule has 0 bridgehead atoms. The first kappa shape index (κ1) is 21.8. The number of nitrogens with one attached hydrogen (secondary N) is 2. The number of aliphatic imine (C=N–C) groups is 1. The van der Waals surface area contributed by atoms with E-state index in [2.05, 4.69) is 30.7 Å². The van der Waals surface area contributed by atoms with E-state index in [1.54, 1.807) is 0 Å². The number of hydrogen-bond donors (Lipinski definition) is 2. The van der Waals surface area contributed by atoms with Crippen LogP contribution >= 0.6 is 11.8 Å². The number of guanidine groups is 1. The summed E-state index contributed by atoms with van der Waals surface area (Å²) >= 11 is 1.97. The van der Waals surface area contributed by atoms with Gasteiger partial charge in [-0.3, -0.25) is 4.99 Å². The molecule has 26 heavy (non-hydrogen) atoms. The van der Waals surface area contributed by atoms with Crippen LogP contribution in [0, 0.1) is 5.41 Å². The Bertz CT molecular complexity index is 419. The Kier molecular flexibility index (Phi) is 9.57. The highest BCUT2D eigenvalue weighted by molar-refractivity contribution is 8.00. The third-order valence-electron chi connectivity index (χ3n) is 5.98. The molecule has 1 saturated heterocycles. The zero-order valence-electron chi connectivity index (χ0n) is 17.1. The Labute approximate surface area is 164 Å². The molecule has 0 unspecified atom stereocenters. The molecule has 0 aromatic carbocycles. The maximum absolute atomic E-state index is 5.64. The van der Waals surface area contributed by atoms with Crippen molar-refractivity contribution in [3.8, 4) is 0 Å². The fourth-order valence-electron chi connectivity index (χ4n) is 4.07. The van der Waals surface area contributed by atoms with Crippen molar-refractivity contribution in [2.45, 2.75) is 63.5 Å². The molecule has 0 spiro atoms. The van der Waals surface area contributed by atoms with Gasteiger partial charge in [0.05, 0.1) is 0 Å². The maximum Gasteiger partial charge on any atom is 0.191 e. The smallest absolute Gasteiger partial charge is 0.191 e. The Morgan fingerprint density at radius 2 is 1.85 bits per heavy atom. The molecule has 2 fully saturated rings. The van der Waals surface area contributed by atoms with E-state index in [1.165, 1.54) is 25.7 Å². The number of nitrogens with zero attached hydrogens (tertiary/aromatic N) is 1. The molecule has 1 saturated carbocycles. The van der Waals surface area contributed by atoms with Gasteiger partial charge in [0.15, 0.2) is 5.96 Å². The number of hydrogen-bond acceptors (Lipinski definition) is 4. The molecule has 0 aromatic heterocycles. The standard InChI is InChI=1S/C20H39N3O2S/c1-4-21-18(23-17-20(26-3)11-14-25-15-12-20)22-16-19(8-6-7-9-19)10-13-24-5-2/h4-17H2,1-3H3,(H2,21,22,23). The molecule has 0 aromatic rings. The minimum atomic E-state index is 0.272. The molecule has 1 aliphatic heterocycles. The average Bonchev–Trinajstić information content (AvgIpc) is 3.14. The fourth-order valence-corrected chi connectivity index (χ4v) is 4.87. The van der Waals surface area contributed by atoms with E-state index in [9.17, 15) is 0 Å². The van der Waals surface area contributed by atoms with Crippen LogP contribution in [0.3, 0.4) is 0 Å². The van der Waals surface area contributed by atoms with E-state index in [-0.39, 0.29) is 4.75 Å². The Morgan fingerprint density at radius 1 is 1.12 bits per heavy atom. The first-order valence-corrected chi connectivity index (χ1v) is 11.6. The van der Waals surface area contributed by atoms with Gasteiger partial charge >= 0.3 is 0 Å². The van der Waals surface area contributed by atoms with Crippen LogP contribution in [0.1, 0.15) is 58.8 Å². The van der Waals surface area contributed by atoms with E-state index < -0.39 is 0 Å². The van der Waals surface area contributed by atoms with Gasteiger partial charge in [-0.25, -0.2) is 0 Å². The van der Waals surface area contributed by atoms with Gasteiger partial charge in [0.1, 0.15) is 0 Å². The molecule has 0 radical (unpaired) electrons. The average molecular weight is 386 g/mol. The van der Waals surface area contributed by atoms with Crippen molar-refractivity contribution in [2.75, 3.05) is 52.3 Å². The summed E-state index contributed by atoms with van der Waals surface area (Å²) in [4.78, 5) is 4.99.